The molecular weight excluding hydrogens is 209 g/mol. The van der Waals surface area contributed by atoms with Gasteiger partial charge in [-0.15, -0.1) is 0 Å². The number of anilines is 1. The van der Waals surface area contributed by atoms with Crippen LogP contribution < -0.4 is 11.1 Å². The molecule has 0 bridgehead atoms. The van der Waals surface area contributed by atoms with Crippen molar-refractivity contribution < 1.29 is 13.2 Å². The third kappa shape index (κ3) is 3.70. The third-order valence-corrected chi connectivity index (χ3v) is 1.53. The highest BCUT2D eigenvalue weighted by Crippen LogP contribution is 2.27. The van der Waals surface area contributed by atoms with Crippen molar-refractivity contribution in [2.75, 3.05) is 11.9 Å². The highest BCUT2D eigenvalue weighted by Gasteiger charge is 2.32. The molecule has 0 aliphatic heterocycles. The lowest BCUT2D eigenvalue weighted by molar-refractivity contribution is -0.141. The Morgan fingerprint density at radius 3 is 2.73 bits per heavy atom. The van der Waals surface area contributed by atoms with Crippen LogP contribution in [0.25, 0.3) is 0 Å². The van der Waals surface area contributed by atoms with Gasteiger partial charge in [0.25, 0.3) is 0 Å². The molecule has 0 aliphatic carbocycles. The molecule has 0 aliphatic rings. The molecule has 1 aromatic heterocycles. The van der Waals surface area contributed by atoms with Gasteiger partial charge in [0.15, 0.2) is 0 Å². The zero-order valence-corrected chi connectivity index (χ0v) is 8.04. The van der Waals surface area contributed by atoms with Crippen LogP contribution in [-0.4, -0.2) is 22.6 Å². The number of halogens is 3. The van der Waals surface area contributed by atoms with Gasteiger partial charge in [0, 0.05) is 18.8 Å². The smallest absolute Gasteiger partial charge is 0.353 e. The molecule has 0 saturated heterocycles. The van der Waals surface area contributed by atoms with Gasteiger partial charge in [-0.25, -0.2) is 9.97 Å². The fourth-order valence-corrected chi connectivity index (χ4v) is 0.854. The first-order valence-electron chi connectivity index (χ1n) is 4.29. The van der Waals surface area contributed by atoms with E-state index in [1.54, 1.807) is 6.92 Å². The van der Waals surface area contributed by atoms with E-state index in [1.165, 1.54) is 0 Å². The maximum atomic E-state index is 12.2. The van der Waals surface area contributed by atoms with Crippen molar-refractivity contribution >= 4 is 5.95 Å². The van der Waals surface area contributed by atoms with E-state index in [2.05, 4.69) is 15.3 Å². The minimum Gasteiger partial charge on any atom is -0.353 e. The van der Waals surface area contributed by atoms with Crippen LogP contribution >= 0.6 is 0 Å². The second-order valence-electron chi connectivity index (χ2n) is 3.12. The van der Waals surface area contributed by atoms with Gasteiger partial charge < -0.3 is 11.1 Å². The molecular formula is C8H11F3N4. The van der Waals surface area contributed by atoms with Gasteiger partial charge in [-0.3, -0.25) is 0 Å². The first kappa shape index (κ1) is 11.7. The predicted molar refractivity (Wildman–Crippen MR) is 49.2 cm³/mol. The first-order chi connectivity index (χ1) is 6.89. The minimum atomic E-state index is -4.45. The Kier molecular flexibility index (Phi) is 3.46. The number of hydrogen-bond acceptors (Lipinski definition) is 4. The number of nitrogens with one attached hydrogen (secondary N) is 1. The van der Waals surface area contributed by atoms with E-state index in [4.69, 9.17) is 5.73 Å². The number of nitrogens with zero attached hydrogens (tertiary/aromatic N) is 2. The normalized spacial score (nSPS) is 13.7. The average Bonchev–Trinajstić information content (AvgIpc) is 2.14. The Bertz CT molecular complexity index is 324. The molecule has 1 heterocycles. The van der Waals surface area contributed by atoms with Gasteiger partial charge in [0.05, 0.1) is 0 Å². The Balaban J connectivity index is 2.75. The summed E-state index contributed by atoms with van der Waals surface area (Å²) in [5, 5.41) is 2.61. The Morgan fingerprint density at radius 2 is 2.20 bits per heavy atom. The largest absolute Gasteiger partial charge is 0.433 e. The van der Waals surface area contributed by atoms with E-state index in [0.29, 0.717) is 6.54 Å². The average molecular weight is 220 g/mol. The highest BCUT2D eigenvalue weighted by atomic mass is 19.4. The molecule has 1 aromatic rings. The second kappa shape index (κ2) is 4.43. The molecule has 0 aromatic carbocycles. The first-order valence-corrected chi connectivity index (χ1v) is 4.29. The van der Waals surface area contributed by atoms with Crippen molar-refractivity contribution in [3.63, 3.8) is 0 Å². The van der Waals surface area contributed by atoms with Crippen LogP contribution in [0, 0.1) is 0 Å². The summed E-state index contributed by atoms with van der Waals surface area (Å²) in [5.74, 6) is -0.0675. The number of hydrogen-bond donors (Lipinski definition) is 2. The molecule has 84 valence electrons. The highest BCUT2D eigenvalue weighted by molar-refractivity contribution is 5.26. The maximum absolute atomic E-state index is 12.2. The Morgan fingerprint density at radius 1 is 1.53 bits per heavy atom. The fourth-order valence-electron chi connectivity index (χ4n) is 0.854. The number of rotatable bonds is 3. The lowest BCUT2D eigenvalue weighted by atomic mass is 10.3. The molecule has 0 fully saturated rings. The molecule has 7 heteroatoms. The van der Waals surface area contributed by atoms with E-state index < -0.39 is 11.9 Å². The molecule has 0 saturated carbocycles. The van der Waals surface area contributed by atoms with Crippen molar-refractivity contribution in [2.45, 2.75) is 19.1 Å². The van der Waals surface area contributed by atoms with Crippen LogP contribution in [-0.2, 0) is 6.18 Å². The summed E-state index contributed by atoms with van der Waals surface area (Å²) in [6, 6.07) is 0.639. The second-order valence-corrected chi connectivity index (χ2v) is 3.12. The summed E-state index contributed by atoms with van der Waals surface area (Å²) in [6.45, 7) is 2.04. The van der Waals surface area contributed by atoms with E-state index in [1.807, 2.05) is 0 Å². The number of aromatic nitrogens is 2. The molecule has 1 unspecified atom stereocenters. The minimum absolute atomic E-state index is 0.0675. The van der Waals surface area contributed by atoms with Gasteiger partial charge in [-0.1, -0.05) is 0 Å². The van der Waals surface area contributed by atoms with Crippen molar-refractivity contribution in [3.05, 3.63) is 18.0 Å². The molecule has 1 rings (SSSR count). The molecule has 15 heavy (non-hydrogen) atoms. The summed E-state index contributed by atoms with van der Waals surface area (Å²) < 4.78 is 36.7. The van der Waals surface area contributed by atoms with Crippen molar-refractivity contribution in [1.29, 1.82) is 0 Å². The van der Waals surface area contributed by atoms with E-state index in [0.717, 1.165) is 12.3 Å². The van der Waals surface area contributed by atoms with Gasteiger partial charge in [-0.2, -0.15) is 13.2 Å². The van der Waals surface area contributed by atoms with Crippen LogP contribution in [0.3, 0.4) is 0 Å². The summed E-state index contributed by atoms with van der Waals surface area (Å²) in [5.41, 5.74) is 4.46. The van der Waals surface area contributed by atoms with E-state index >= 15 is 0 Å². The van der Waals surface area contributed by atoms with Crippen LogP contribution in [0.2, 0.25) is 0 Å². The zero-order chi connectivity index (χ0) is 11.5. The van der Waals surface area contributed by atoms with E-state index in [9.17, 15) is 13.2 Å². The van der Waals surface area contributed by atoms with Crippen molar-refractivity contribution in [1.82, 2.24) is 9.97 Å². The van der Waals surface area contributed by atoms with Gasteiger partial charge in [-0.05, 0) is 13.0 Å². The van der Waals surface area contributed by atoms with Gasteiger partial charge in [0.1, 0.15) is 5.69 Å². The zero-order valence-electron chi connectivity index (χ0n) is 8.04. The molecule has 0 amide bonds. The monoisotopic (exact) mass is 220 g/mol. The molecule has 0 spiro atoms. The predicted octanol–water partition coefficient (Wildman–Crippen LogP) is 1.25. The van der Waals surface area contributed by atoms with Crippen molar-refractivity contribution in [3.8, 4) is 0 Å². The van der Waals surface area contributed by atoms with Crippen LogP contribution in [0.15, 0.2) is 12.3 Å². The number of alkyl halides is 3. The molecule has 4 nitrogen and oxygen atoms in total. The fraction of sp³-hybridized carbons (Fsp3) is 0.500. The molecule has 3 N–H and O–H groups in total. The van der Waals surface area contributed by atoms with Crippen LogP contribution in [0.1, 0.15) is 12.6 Å². The maximum Gasteiger partial charge on any atom is 0.433 e. The summed E-state index contributed by atoms with van der Waals surface area (Å²) in [6.07, 6.45) is -3.40. The molecule has 0 radical (unpaired) electrons. The molecule has 1 atom stereocenters. The van der Waals surface area contributed by atoms with Crippen molar-refractivity contribution in [2.24, 2.45) is 5.73 Å². The van der Waals surface area contributed by atoms with Crippen LogP contribution in [0.5, 0.6) is 0 Å². The topological polar surface area (TPSA) is 63.8 Å². The Labute approximate surface area is 84.7 Å². The Hall–Kier alpha value is -1.37. The lowest BCUT2D eigenvalue weighted by Gasteiger charge is -2.09. The number of nitrogens with two attached hydrogens (primary N) is 1. The van der Waals surface area contributed by atoms with Gasteiger partial charge >= 0.3 is 6.18 Å². The third-order valence-electron chi connectivity index (χ3n) is 1.53. The standard InChI is InChI=1S/C8H11F3N4/c1-5(12)4-14-7-13-3-2-6(15-7)8(9,10)11/h2-3,5H,4,12H2,1H3,(H,13,14,15). The van der Waals surface area contributed by atoms with Gasteiger partial charge in [0.2, 0.25) is 5.95 Å². The quantitative estimate of drug-likeness (QED) is 0.804. The SMILES string of the molecule is CC(N)CNc1nccc(C(F)(F)F)n1. The van der Waals surface area contributed by atoms with Crippen LogP contribution in [0.4, 0.5) is 19.1 Å². The summed E-state index contributed by atoms with van der Waals surface area (Å²) >= 11 is 0. The summed E-state index contributed by atoms with van der Waals surface area (Å²) in [7, 11) is 0. The lowest BCUT2D eigenvalue weighted by Crippen LogP contribution is -2.26. The summed E-state index contributed by atoms with van der Waals surface area (Å²) in [4.78, 5) is 6.96. The van der Waals surface area contributed by atoms with E-state index in [-0.39, 0.29) is 12.0 Å².